The van der Waals surface area contributed by atoms with E-state index in [2.05, 4.69) is 0 Å². The van der Waals surface area contributed by atoms with Gasteiger partial charge in [-0.25, -0.2) is 4.74 Å². The molecule has 2 aromatic carbocycles. The Labute approximate surface area is 105 Å². The van der Waals surface area contributed by atoms with Crippen LogP contribution in [0.1, 0.15) is 11.1 Å². The molecule has 0 fully saturated rings. The summed E-state index contributed by atoms with van der Waals surface area (Å²) < 4.78 is 0.738. The molecule has 0 unspecified atom stereocenters. The number of benzene rings is 2. The van der Waals surface area contributed by atoms with Gasteiger partial charge >= 0.3 is 0 Å². The van der Waals surface area contributed by atoms with E-state index in [1.54, 1.807) is 0 Å². The van der Waals surface area contributed by atoms with E-state index < -0.39 is 0 Å². The van der Waals surface area contributed by atoms with Crippen molar-refractivity contribution in [3.8, 4) is 11.5 Å². The number of rotatable bonds is 3. The normalized spacial score (nSPS) is 11.4. The molecule has 0 amide bonds. The summed E-state index contributed by atoms with van der Waals surface area (Å²) in [5.74, 6) is -0.113. The van der Waals surface area contributed by atoms with E-state index in [4.69, 9.17) is 5.11 Å². The zero-order chi connectivity index (χ0) is 13.0. The molecule has 0 radical (unpaired) electrons. The van der Waals surface area contributed by atoms with Gasteiger partial charge < -0.3 is 15.4 Å². The molecule has 92 valence electrons. The highest BCUT2D eigenvalue weighted by Crippen LogP contribution is 2.22. The maximum Gasteiger partial charge on any atom is 0.182 e. The van der Waals surface area contributed by atoms with Crippen LogP contribution in [-0.2, 0) is 6.54 Å². The standard InChI is InChI=1S/C14H13NO3/c16-13-7-6-12(14(17)8-13)10-15(18)9-11-4-2-1-3-5-11/h1-9,16-17H,10H2/b15-9-. The lowest BCUT2D eigenvalue weighted by Crippen LogP contribution is -2.05. The van der Waals surface area contributed by atoms with Gasteiger partial charge in [-0.15, -0.1) is 0 Å². The summed E-state index contributed by atoms with van der Waals surface area (Å²) in [5, 5.41) is 30.4. The first-order valence-corrected chi connectivity index (χ1v) is 5.50. The van der Waals surface area contributed by atoms with Crippen molar-refractivity contribution in [3.63, 3.8) is 0 Å². The van der Waals surface area contributed by atoms with Gasteiger partial charge in [0.05, 0.1) is 5.56 Å². The summed E-state index contributed by atoms with van der Waals surface area (Å²) in [5.41, 5.74) is 1.26. The zero-order valence-corrected chi connectivity index (χ0v) is 9.65. The van der Waals surface area contributed by atoms with E-state index in [0.29, 0.717) is 5.56 Å². The highest BCUT2D eigenvalue weighted by molar-refractivity contribution is 5.75. The molecule has 0 aliphatic heterocycles. The number of hydroxylamine groups is 1. The average molecular weight is 243 g/mol. The van der Waals surface area contributed by atoms with E-state index >= 15 is 0 Å². The van der Waals surface area contributed by atoms with Crippen LogP contribution in [0.3, 0.4) is 0 Å². The van der Waals surface area contributed by atoms with Crippen LogP contribution in [0.15, 0.2) is 48.5 Å². The third-order valence-electron chi connectivity index (χ3n) is 2.49. The second kappa shape index (κ2) is 5.23. The molecule has 0 heterocycles. The SMILES string of the molecule is [O-]/[N+](=C\c1ccccc1)Cc1ccc(O)cc1O. The lowest BCUT2D eigenvalue weighted by Gasteiger charge is -2.06. The summed E-state index contributed by atoms with van der Waals surface area (Å²) in [6.07, 6.45) is 1.45. The molecule has 0 aliphatic carbocycles. The molecule has 0 atom stereocenters. The van der Waals surface area contributed by atoms with E-state index in [1.807, 2.05) is 30.3 Å². The van der Waals surface area contributed by atoms with Crippen molar-refractivity contribution in [2.24, 2.45) is 0 Å². The molecule has 0 spiro atoms. The van der Waals surface area contributed by atoms with Gasteiger partial charge in [-0.05, 0) is 24.3 Å². The van der Waals surface area contributed by atoms with E-state index in [9.17, 15) is 10.3 Å². The molecule has 0 aliphatic rings. The quantitative estimate of drug-likeness (QED) is 0.376. The lowest BCUT2D eigenvalue weighted by atomic mass is 10.2. The Morgan fingerprint density at radius 1 is 1.06 bits per heavy atom. The summed E-state index contributed by atoms with van der Waals surface area (Å²) >= 11 is 0. The summed E-state index contributed by atoms with van der Waals surface area (Å²) in [4.78, 5) is 0. The van der Waals surface area contributed by atoms with Crippen molar-refractivity contribution < 1.29 is 15.0 Å². The summed E-state index contributed by atoms with van der Waals surface area (Å²) in [7, 11) is 0. The van der Waals surface area contributed by atoms with E-state index in [-0.39, 0.29) is 18.0 Å². The van der Waals surface area contributed by atoms with Gasteiger partial charge in [-0.3, -0.25) is 0 Å². The lowest BCUT2D eigenvalue weighted by molar-refractivity contribution is -0.469. The topological polar surface area (TPSA) is 66.5 Å². The Balaban J connectivity index is 2.16. The maximum atomic E-state index is 11.7. The predicted octanol–water partition coefficient (Wildman–Crippen LogP) is 2.23. The van der Waals surface area contributed by atoms with Gasteiger partial charge in [-0.2, -0.15) is 0 Å². The van der Waals surface area contributed by atoms with Crippen LogP contribution in [0, 0.1) is 5.21 Å². The minimum Gasteiger partial charge on any atom is -0.624 e. The number of phenols is 2. The maximum absolute atomic E-state index is 11.7. The minimum absolute atomic E-state index is 0.0271. The Morgan fingerprint density at radius 3 is 2.44 bits per heavy atom. The first-order valence-electron chi connectivity index (χ1n) is 5.50. The fourth-order valence-corrected chi connectivity index (χ4v) is 1.60. The molecule has 2 rings (SSSR count). The van der Waals surface area contributed by atoms with Crippen molar-refractivity contribution >= 4 is 6.21 Å². The molecule has 0 saturated heterocycles. The van der Waals surface area contributed by atoms with Gasteiger partial charge in [0.1, 0.15) is 11.5 Å². The third kappa shape index (κ3) is 3.01. The first-order chi connectivity index (χ1) is 8.65. The van der Waals surface area contributed by atoms with Gasteiger partial charge in [0, 0.05) is 11.6 Å². The fraction of sp³-hybridized carbons (Fsp3) is 0.0714. The number of nitrogens with zero attached hydrogens (tertiary/aromatic N) is 1. The molecule has 0 saturated carbocycles. The highest BCUT2D eigenvalue weighted by atomic mass is 16.5. The van der Waals surface area contributed by atoms with Crippen LogP contribution < -0.4 is 0 Å². The molecule has 4 nitrogen and oxygen atoms in total. The van der Waals surface area contributed by atoms with Crippen molar-refractivity contribution in [1.82, 2.24) is 0 Å². The van der Waals surface area contributed by atoms with Crippen molar-refractivity contribution in [2.45, 2.75) is 6.54 Å². The second-order valence-corrected chi connectivity index (χ2v) is 3.93. The molecule has 18 heavy (non-hydrogen) atoms. The van der Waals surface area contributed by atoms with Crippen molar-refractivity contribution in [1.29, 1.82) is 0 Å². The Morgan fingerprint density at radius 2 is 1.78 bits per heavy atom. The fourth-order valence-electron chi connectivity index (χ4n) is 1.60. The van der Waals surface area contributed by atoms with Crippen LogP contribution in [0.2, 0.25) is 0 Å². The Bertz CT molecular complexity index is 565. The largest absolute Gasteiger partial charge is 0.624 e. The predicted molar refractivity (Wildman–Crippen MR) is 68.7 cm³/mol. The van der Waals surface area contributed by atoms with Gasteiger partial charge in [0.2, 0.25) is 0 Å². The van der Waals surface area contributed by atoms with Crippen LogP contribution in [0.4, 0.5) is 0 Å². The van der Waals surface area contributed by atoms with Crippen molar-refractivity contribution in [2.75, 3.05) is 0 Å². The Hall–Kier alpha value is -2.49. The number of hydrogen-bond donors (Lipinski definition) is 2. The monoisotopic (exact) mass is 243 g/mol. The number of aromatic hydroxyl groups is 2. The molecule has 2 N–H and O–H groups in total. The average Bonchev–Trinajstić information content (AvgIpc) is 2.34. The third-order valence-corrected chi connectivity index (χ3v) is 2.49. The van der Waals surface area contributed by atoms with E-state index in [1.165, 1.54) is 24.4 Å². The van der Waals surface area contributed by atoms with E-state index in [0.717, 1.165) is 10.3 Å². The summed E-state index contributed by atoms with van der Waals surface area (Å²) in [6.45, 7) is 0.0288. The Kier molecular flexibility index (Phi) is 3.48. The van der Waals surface area contributed by atoms with Gasteiger partial charge in [-0.1, -0.05) is 18.2 Å². The van der Waals surface area contributed by atoms with Gasteiger partial charge in [0.15, 0.2) is 12.8 Å². The zero-order valence-electron chi connectivity index (χ0n) is 9.65. The van der Waals surface area contributed by atoms with Gasteiger partial charge in [0.25, 0.3) is 0 Å². The van der Waals surface area contributed by atoms with Crippen LogP contribution in [0.25, 0.3) is 0 Å². The molecule has 2 aromatic rings. The number of hydrogen-bond acceptors (Lipinski definition) is 3. The molecular formula is C14H13NO3. The van der Waals surface area contributed by atoms with Crippen molar-refractivity contribution in [3.05, 3.63) is 64.9 Å². The highest BCUT2D eigenvalue weighted by Gasteiger charge is 2.06. The first kappa shape index (κ1) is 12.0. The molecule has 4 heteroatoms. The molecule has 0 aromatic heterocycles. The minimum atomic E-state index is -0.0858. The van der Waals surface area contributed by atoms with Crippen LogP contribution in [-0.4, -0.2) is 21.2 Å². The summed E-state index contributed by atoms with van der Waals surface area (Å²) in [6, 6.07) is 13.4. The smallest absolute Gasteiger partial charge is 0.182 e. The van der Waals surface area contributed by atoms with Crippen LogP contribution >= 0.6 is 0 Å². The molecule has 0 bridgehead atoms. The molecular weight excluding hydrogens is 230 g/mol. The second-order valence-electron chi connectivity index (χ2n) is 3.93. The van der Waals surface area contributed by atoms with Crippen LogP contribution in [0.5, 0.6) is 11.5 Å². The number of phenolic OH excluding ortho intramolecular Hbond substituents is 2.